The number of hydrogen-bond acceptors (Lipinski definition) is 7. The van der Waals surface area contributed by atoms with Crippen molar-refractivity contribution in [2.75, 3.05) is 11.1 Å². The summed E-state index contributed by atoms with van der Waals surface area (Å²) < 4.78 is 39.2. The summed E-state index contributed by atoms with van der Waals surface area (Å²) in [6.45, 7) is 1.81. The van der Waals surface area contributed by atoms with Crippen molar-refractivity contribution in [3.8, 4) is 28.0 Å². The Balaban J connectivity index is 1.60. The first-order chi connectivity index (χ1) is 18.1. The van der Waals surface area contributed by atoms with E-state index in [2.05, 4.69) is 25.3 Å². The standard InChI is InChI=1S/C27H19F3N6O2/c1-14-2-3-16(25(38)35-21-12-18(6-9-33-21)27(28,29)30)10-19(14)20-11-17-13-34-26(31)36-23(17)22(24(20)37)15-4-7-32-8-5-15/h2-13,37H,1H3,(H2,31,34,36)(H,33,35,38). The number of phenols is 1. The predicted molar refractivity (Wildman–Crippen MR) is 136 cm³/mol. The molecule has 0 aliphatic carbocycles. The van der Waals surface area contributed by atoms with Gasteiger partial charge in [-0.1, -0.05) is 6.07 Å². The first-order valence-corrected chi connectivity index (χ1v) is 11.3. The van der Waals surface area contributed by atoms with Gasteiger partial charge in [-0.25, -0.2) is 15.0 Å². The van der Waals surface area contributed by atoms with Crippen molar-refractivity contribution < 1.29 is 23.1 Å². The summed E-state index contributed by atoms with van der Waals surface area (Å²) in [5, 5.41) is 14.4. The van der Waals surface area contributed by atoms with Gasteiger partial charge in [-0.05, 0) is 66.1 Å². The lowest BCUT2D eigenvalue weighted by Crippen LogP contribution is -2.14. The molecule has 8 nitrogen and oxygen atoms in total. The Morgan fingerprint density at radius 1 is 0.974 bits per heavy atom. The summed E-state index contributed by atoms with van der Waals surface area (Å²) in [5.74, 6) is -0.959. The van der Waals surface area contributed by atoms with Gasteiger partial charge in [0.15, 0.2) is 0 Å². The number of nitrogens with one attached hydrogen (secondary N) is 1. The molecule has 4 N–H and O–H groups in total. The number of amides is 1. The number of carbonyl (C=O) groups is 1. The first kappa shape index (κ1) is 24.6. The molecule has 3 heterocycles. The monoisotopic (exact) mass is 516 g/mol. The second-order valence-corrected chi connectivity index (χ2v) is 8.46. The Labute approximate surface area is 214 Å². The molecule has 0 saturated heterocycles. The Morgan fingerprint density at radius 3 is 2.47 bits per heavy atom. The maximum absolute atomic E-state index is 13.1. The Bertz CT molecular complexity index is 1690. The summed E-state index contributed by atoms with van der Waals surface area (Å²) in [7, 11) is 0. The molecular weight excluding hydrogens is 497 g/mol. The highest BCUT2D eigenvalue weighted by Crippen LogP contribution is 2.44. The minimum absolute atomic E-state index is 0.0398. The molecule has 0 spiro atoms. The van der Waals surface area contributed by atoms with Gasteiger partial charge >= 0.3 is 6.18 Å². The van der Waals surface area contributed by atoms with Crippen molar-refractivity contribution in [3.63, 3.8) is 0 Å². The molecule has 190 valence electrons. The van der Waals surface area contributed by atoms with Crippen molar-refractivity contribution in [1.29, 1.82) is 0 Å². The zero-order valence-electron chi connectivity index (χ0n) is 19.8. The Morgan fingerprint density at radius 2 is 1.74 bits per heavy atom. The highest BCUT2D eigenvalue weighted by Gasteiger charge is 2.31. The largest absolute Gasteiger partial charge is 0.507 e. The average Bonchev–Trinajstić information content (AvgIpc) is 2.89. The molecule has 0 aliphatic heterocycles. The van der Waals surface area contributed by atoms with Gasteiger partial charge in [0.1, 0.15) is 11.6 Å². The molecule has 0 bridgehead atoms. The van der Waals surface area contributed by atoms with Crippen LogP contribution in [-0.4, -0.2) is 30.9 Å². The summed E-state index contributed by atoms with van der Waals surface area (Å²) in [5.41, 5.74) is 8.21. The number of anilines is 2. The molecule has 5 aromatic rings. The van der Waals surface area contributed by atoms with Gasteiger partial charge in [0, 0.05) is 41.3 Å². The van der Waals surface area contributed by atoms with E-state index in [0.29, 0.717) is 33.2 Å². The van der Waals surface area contributed by atoms with Crippen LogP contribution in [0, 0.1) is 6.92 Å². The smallest absolute Gasteiger partial charge is 0.416 e. The number of fused-ring (bicyclic) bond motifs is 1. The fraction of sp³-hybridized carbons (Fsp3) is 0.0741. The molecule has 0 atom stereocenters. The van der Waals surface area contributed by atoms with Crippen LogP contribution in [0.2, 0.25) is 0 Å². The zero-order valence-corrected chi connectivity index (χ0v) is 19.8. The van der Waals surface area contributed by atoms with E-state index in [-0.39, 0.29) is 23.1 Å². The van der Waals surface area contributed by atoms with Gasteiger partial charge in [0.05, 0.1) is 16.6 Å². The number of aromatic hydroxyl groups is 1. The first-order valence-electron chi connectivity index (χ1n) is 11.3. The van der Waals surface area contributed by atoms with Crippen molar-refractivity contribution in [1.82, 2.24) is 19.9 Å². The van der Waals surface area contributed by atoms with Gasteiger partial charge in [-0.3, -0.25) is 9.78 Å². The molecule has 0 fully saturated rings. The molecule has 0 aliphatic rings. The normalized spacial score (nSPS) is 11.5. The third-order valence-corrected chi connectivity index (χ3v) is 5.95. The van der Waals surface area contributed by atoms with Crippen LogP contribution < -0.4 is 11.1 Å². The lowest BCUT2D eigenvalue weighted by molar-refractivity contribution is -0.137. The fourth-order valence-electron chi connectivity index (χ4n) is 4.10. The second-order valence-electron chi connectivity index (χ2n) is 8.46. The number of hydrogen-bond donors (Lipinski definition) is 3. The SMILES string of the molecule is Cc1ccc(C(=O)Nc2cc(C(F)(F)F)ccn2)cc1-c1cc2cnc(N)nc2c(-c2ccncc2)c1O. The van der Waals surface area contributed by atoms with E-state index >= 15 is 0 Å². The van der Waals surface area contributed by atoms with Crippen LogP contribution in [0.15, 0.2) is 73.3 Å². The van der Waals surface area contributed by atoms with E-state index in [9.17, 15) is 23.1 Å². The number of alkyl halides is 3. The molecule has 0 saturated carbocycles. The van der Waals surface area contributed by atoms with Crippen molar-refractivity contribution in [3.05, 3.63) is 90.0 Å². The summed E-state index contributed by atoms with van der Waals surface area (Å²) in [4.78, 5) is 29.2. The molecule has 2 aromatic carbocycles. The Hall–Kier alpha value is -5.06. The van der Waals surface area contributed by atoms with Crippen LogP contribution in [-0.2, 0) is 6.18 Å². The summed E-state index contributed by atoms with van der Waals surface area (Å²) >= 11 is 0. The molecule has 1 amide bonds. The van der Waals surface area contributed by atoms with Crippen molar-refractivity contribution in [2.45, 2.75) is 13.1 Å². The topological polar surface area (TPSA) is 127 Å². The number of nitrogen functional groups attached to an aromatic ring is 1. The van der Waals surface area contributed by atoms with Gasteiger partial charge in [-0.2, -0.15) is 13.2 Å². The lowest BCUT2D eigenvalue weighted by Gasteiger charge is -2.16. The van der Waals surface area contributed by atoms with Crippen LogP contribution in [0.4, 0.5) is 24.9 Å². The minimum Gasteiger partial charge on any atom is -0.507 e. The fourth-order valence-corrected chi connectivity index (χ4v) is 4.10. The van der Waals surface area contributed by atoms with Crippen LogP contribution in [0.1, 0.15) is 21.5 Å². The molecule has 38 heavy (non-hydrogen) atoms. The van der Waals surface area contributed by atoms with E-state index in [1.54, 1.807) is 49.6 Å². The molecule has 11 heteroatoms. The number of carbonyl (C=O) groups excluding carboxylic acids is 1. The number of aromatic nitrogens is 4. The molecule has 3 aromatic heterocycles. The number of pyridine rings is 2. The second kappa shape index (κ2) is 9.43. The minimum atomic E-state index is -4.58. The van der Waals surface area contributed by atoms with Crippen molar-refractivity contribution >= 4 is 28.6 Å². The number of rotatable bonds is 4. The maximum Gasteiger partial charge on any atom is 0.416 e. The van der Waals surface area contributed by atoms with E-state index in [1.165, 1.54) is 12.3 Å². The van der Waals surface area contributed by atoms with Crippen LogP contribution >= 0.6 is 0 Å². The van der Waals surface area contributed by atoms with Gasteiger partial charge in [-0.15, -0.1) is 0 Å². The number of aryl methyl sites for hydroxylation is 1. The molecule has 5 rings (SSSR count). The average molecular weight is 516 g/mol. The van der Waals surface area contributed by atoms with Crippen LogP contribution in [0.5, 0.6) is 5.75 Å². The highest BCUT2D eigenvalue weighted by atomic mass is 19.4. The van der Waals surface area contributed by atoms with Crippen molar-refractivity contribution in [2.24, 2.45) is 0 Å². The van der Waals surface area contributed by atoms with Crippen LogP contribution in [0.3, 0.4) is 0 Å². The number of nitrogens with zero attached hydrogens (tertiary/aromatic N) is 4. The number of phenolic OH excluding ortho intramolecular Hbond substituents is 1. The Kier molecular flexibility index (Phi) is 6.11. The van der Waals surface area contributed by atoms with Crippen LogP contribution in [0.25, 0.3) is 33.2 Å². The van der Waals surface area contributed by atoms with Gasteiger partial charge in [0.2, 0.25) is 5.95 Å². The van der Waals surface area contributed by atoms with E-state index < -0.39 is 17.6 Å². The quantitative estimate of drug-likeness (QED) is 0.283. The van der Waals surface area contributed by atoms with Gasteiger partial charge < -0.3 is 16.2 Å². The maximum atomic E-state index is 13.1. The molecule has 0 radical (unpaired) electrons. The summed E-state index contributed by atoms with van der Waals surface area (Å²) in [6.07, 6.45) is 1.09. The molecular formula is C27H19F3N6O2. The lowest BCUT2D eigenvalue weighted by atomic mass is 9.91. The highest BCUT2D eigenvalue weighted by molar-refractivity contribution is 6.06. The summed E-state index contributed by atoms with van der Waals surface area (Å²) in [6, 6.07) is 11.5. The number of nitrogens with two attached hydrogens (primary N) is 1. The molecule has 0 unspecified atom stereocenters. The van der Waals surface area contributed by atoms with E-state index in [1.807, 2.05) is 0 Å². The van der Waals surface area contributed by atoms with E-state index in [4.69, 9.17) is 5.73 Å². The third kappa shape index (κ3) is 4.69. The van der Waals surface area contributed by atoms with E-state index in [0.717, 1.165) is 23.9 Å². The number of benzene rings is 2. The number of halogens is 3. The predicted octanol–water partition coefficient (Wildman–Crippen LogP) is 5.62. The van der Waals surface area contributed by atoms with Gasteiger partial charge in [0.25, 0.3) is 5.91 Å². The zero-order chi connectivity index (χ0) is 27.0. The third-order valence-electron chi connectivity index (χ3n) is 5.95.